The molecule has 1 fully saturated rings. The molecule has 2 aromatic rings. The second kappa shape index (κ2) is 7.89. The predicted octanol–water partition coefficient (Wildman–Crippen LogP) is 2.72. The third-order valence-electron chi connectivity index (χ3n) is 5.22. The van der Waals surface area contributed by atoms with Crippen molar-refractivity contribution in [3.8, 4) is 0 Å². The van der Waals surface area contributed by atoms with Crippen molar-refractivity contribution in [2.45, 2.75) is 46.5 Å². The monoisotopic (exact) mass is 356 g/mol. The van der Waals surface area contributed by atoms with Gasteiger partial charge in [-0.3, -0.25) is 14.0 Å². The number of carbonyl (C=O) groups excluding carboxylic acids is 2. The second-order valence-electron chi connectivity index (χ2n) is 7.35. The lowest BCUT2D eigenvalue weighted by atomic mass is 9.99. The number of fused-ring (bicyclic) bond motifs is 1. The van der Waals surface area contributed by atoms with Gasteiger partial charge in [-0.15, -0.1) is 0 Å². The molecule has 0 radical (unpaired) electrons. The number of hydrogen-bond donors (Lipinski definition) is 1. The Labute approximate surface area is 154 Å². The maximum atomic E-state index is 12.6. The summed E-state index contributed by atoms with van der Waals surface area (Å²) in [6, 6.07) is 3.90. The van der Waals surface area contributed by atoms with Crippen LogP contribution in [0.1, 0.15) is 54.4 Å². The third kappa shape index (κ3) is 3.89. The highest BCUT2D eigenvalue weighted by Crippen LogP contribution is 2.17. The van der Waals surface area contributed by atoms with E-state index in [0.717, 1.165) is 48.8 Å². The molecule has 0 bridgehead atoms. The smallest absolute Gasteiger partial charge is 0.270 e. The van der Waals surface area contributed by atoms with Crippen LogP contribution in [0, 0.1) is 19.8 Å². The molecular weight excluding hydrogens is 328 g/mol. The maximum absolute atomic E-state index is 12.6. The van der Waals surface area contributed by atoms with Crippen LogP contribution in [-0.2, 0) is 4.79 Å². The standard InChI is InChI=1S/C20H28N4O2/c1-14-8-12-23(13-9-14)17(25)7-4-10-21-20(26)18-16(3)22-19-15(2)6-5-11-24(18)19/h5-6,11,14H,4,7-10,12-13H2,1-3H3,(H,21,26). The molecule has 1 aliphatic rings. The molecule has 3 rings (SSSR count). The number of rotatable bonds is 5. The molecule has 0 saturated carbocycles. The Kier molecular flexibility index (Phi) is 5.59. The number of carbonyl (C=O) groups is 2. The Hall–Kier alpha value is -2.37. The van der Waals surface area contributed by atoms with Crippen LogP contribution in [0.5, 0.6) is 0 Å². The van der Waals surface area contributed by atoms with Gasteiger partial charge in [0.15, 0.2) is 0 Å². The van der Waals surface area contributed by atoms with E-state index in [0.29, 0.717) is 25.1 Å². The van der Waals surface area contributed by atoms with Gasteiger partial charge >= 0.3 is 0 Å². The Bertz CT molecular complexity index is 803. The van der Waals surface area contributed by atoms with Crippen LogP contribution >= 0.6 is 0 Å². The number of nitrogens with zero attached hydrogens (tertiary/aromatic N) is 3. The van der Waals surface area contributed by atoms with E-state index in [4.69, 9.17) is 0 Å². The molecule has 6 nitrogen and oxygen atoms in total. The fourth-order valence-electron chi connectivity index (χ4n) is 3.53. The van der Waals surface area contributed by atoms with E-state index < -0.39 is 0 Å². The Balaban J connectivity index is 1.51. The molecule has 1 saturated heterocycles. The number of likely N-dealkylation sites (tertiary alicyclic amines) is 1. The first-order valence-corrected chi connectivity index (χ1v) is 9.47. The summed E-state index contributed by atoms with van der Waals surface area (Å²) in [4.78, 5) is 31.3. The molecule has 26 heavy (non-hydrogen) atoms. The lowest BCUT2D eigenvalue weighted by Crippen LogP contribution is -2.38. The quantitative estimate of drug-likeness (QED) is 0.838. The van der Waals surface area contributed by atoms with Gasteiger partial charge in [0.25, 0.3) is 5.91 Å². The molecule has 3 heterocycles. The number of amides is 2. The van der Waals surface area contributed by atoms with Crippen molar-refractivity contribution in [2.24, 2.45) is 5.92 Å². The summed E-state index contributed by atoms with van der Waals surface area (Å²) in [6.45, 7) is 8.30. The summed E-state index contributed by atoms with van der Waals surface area (Å²) < 4.78 is 1.83. The number of hydrogen-bond acceptors (Lipinski definition) is 3. The van der Waals surface area contributed by atoms with E-state index in [1.807, 2.05) is 41.5 Å². The maximum Gasteiger partial charge on any atom is 0.270 e. The Morgan fingerprint density at radius 2 is 2.00 bits per heavy atom. The summed E-state index contributed by atoms with van der Waals surface area (Å²) in [6.07, 6.45) is 5.19. The largest absolute Gasteiger partial charge is 0.351 e. The van der Waals surface area contributed by atoms with Crippen molar-refractivity contribution in [3.63, 3.8) is 0 Å². The molecule has 0 unspecified atom stereocenters. The van der Waals surface area contributed by atoms with Crippen LogP contribution in [0.15, 0.2) is 18.3 Å². The molecule has 2 amide bonds. The SMILES string of the molecule is Cc1nc2c(C)cccn2c1C(=O)NCCCC(=O)N1CCC(C)CC1. The zero-order valence-corrected chi connectivity index (χ0v) is 15.9. The summed E-state index contributed by atoms with van der Waals surface area (Å²) in [5.41, 5.74) is 3.14. The van der Waals surface area contributed by atoms with Crippen LogP contribution in [0.2, 0.25) is 0 Å². The number of imidazole rings is 1. The van der Waals surface area contributed by atoms with Crippen LogP contribution in [-0.4, -0.2) is 45.7 Å². The van der Waals surface area contributed by atoms with Crippen molar-refractivity contribution in [1.82, 2.24) is 19.6 Å². The van der Waals surface area contributed by atoms with Gasteiger partial charge in [-0.05, 0) is 50.7 Å². The van der Waals surface area contributed by atoms with Crippen molar-refractivity contribution >= 4 is 17.5 Å². The van der Waals surface area contributed by atoms with E-state index in [1.54, 1.807) is 0 Å². The molecule has 0 atom stereocenters. The molecule has 0 aliphatic carbocycles. The Morgan fingerprint density at radius 3 is 2.73 bits per heavy atom. The molecule has 0 spiro atoms. The predicted molar refractivity (Wildman–Crippen MR) is 101 cm³/mol. The van der Waals surface area contributed by atoms with Crippen LogP contribution in [0.25, 0.3) is 5.65 Å². The number of nitrogens with one attached hydrogen (secondary N) is 1. The zero-order valence-electron chi connectivity index (χ0n) is 15.9. The van der Waals surface area contributed by atoms with Gasteiger partial charge in [0.05, 0.1) is 5.69 Å². The molecule has 1 aliphatic heterocycles. The molecule has 6 heteroatoms. The Morgan fingerprint density at radius 1 is 1.27 bits per heavy atom. The van der Waals surface area contributed by atoms with Gasteiger partial charge < -0.3 is 10.2 Å². The number of aryl methyl sites for hydroxylation is 2. The third-order valence-corrected chi connectivity index (χ3v) is 5.22. The average molecular weight is 356 g/mol. The highest BCUT2D eigenvalue weighted by molar-refractivity contribution is 5.94. The fraction of sp³-hybridized carbons (Fsp3) is 0.550. The van der Waals surface area contributed by atoms with E-state index in [-0.39, 0.29) is 11.8 Å². The molecule has 1 N–H and O–H groups in total. The fourth-order valence-corrected chi connectivity index (χ4v) is 3.53. The van der Waals surface area contributed by atoms with E-state index in [9.17, 15) is 9.59 Å². The van der Waals surface area contributed by atoms with Crippen LogP contribution < -0.4 is 5.32 Å². The number of piperidine rings is 1. The number of pyridine rings is 1. The first-order valence-electron chi connectivity index (χ1n) is 9.47. The second-order valence-corrected chi connectivity index (χ2v) is 7.35. The molecule has 140 valence electrons. The molecule has 2 aromatic heterocycles. The normalized spacial score (nSPS) is 15.4. The minimum absolute atomic E-state index is 0.139. The van der Waals surface area contributed by atoms with Gasteiger partial charge in [0, 0.05) is 32.3 Å². The van der Waals surface area contributed by atoms with Crippen molar-refractivity contribution < 1.29 is 9.59 Å². The number of aromatic nitrogens is 2. The first-order chi connectivity index (χ1) is 12.5. The van der Waals surface area contributed by atoms with Gasteiger partial charge in [0.2, 0.25) is 5.91 Å². The van der Waals surface area contributed by atoms with Gasteiger partial charge in [-0.1, -0.05) is 13.0 Å². The van der Waals surface area contributed by atoms with E-state index in [2.05, 4.69) is 17.2 Å². The minimum Gasteiger partial charge on any atom is -0.351 e. The van der Waals surface area contributed by atoms with Crippen molar-refractivity contribution in [1.29, 1.82) is 0 Å². The molecule has 0 aromatic carbocycles. The summed E-state index contributed by atoms with van der Waals surface area (Å²) in [5.74, 6) is 0.781. The van der Waals surface area contributed by atoms with E-state index in [1.165, 1.54) is 0 Å². The summed E-state index contributed by atoms with van der Waals surface area (Å²) in [7, 11) is 0. The summed E-state index contributed by atoms with van der Waals surface area (Å²) in [5, 5.41) is 2.93. The lowest BCUT2D eigenvalue weighted by Gasteiger charge is -2.30. The van der Waals surface area contributed by atoms with Crippen LogP contribution in [0.3, 0.4) is 0 Å². The first kappa shape index (κ1) is 18.4. The van der Waals surface area contributed by atoms with Crippen molar-refractivity contribution in [3.05, 3.63) is 35.3 Å². The van der Waals surface area contributed by atoms with Gasteiger partial charge in [-0.25, -0.2) is 4.98 Å². The molecular formula is C20H28N4O2. The van der Waals surface area contributed by atoms with E-state index >= 15 is 0 Å². The van der Waals surface area contributed by atoms with Gasteiger partial charge in [0.1, 0.15) is 11.3 Å². The minimum atomic E-state index is -0.139. The summed E-state index contributed by atoms with van der Waals surface area (Å²) >= 11 is 0. The average Bonchev–Trinajstić information content (AvgIpc) is 2.96. The highest BCUT2D eigenvalue weighted by atomic mass is 16.2. The highest BCUT2D eigenvalue weighted by Gasteiger charge is 2.20. The van der Waals surface area contributed by atoms with Crippen molar-refractivity contribution in [2.75, 3.05) is 19.6 Å². The lowest BCUT2D eigenvalue weighted by molar-refractivity contribution is -0.132. The van der Waals surface area contributed by atoms with Crippen LogP contribution in [0.4, 0.5) is 0 Å². The topological polar surface area (TPSA) is 66.7 Å². The zero-order chi connectivity index (χ0) is 18.7. The van der Waals surface area contributed by atoms with Gasteiger partial charge in [-0.2, -0.15) is 0 Å².